The minimum absolute atomic E-state index is 0.0744. The van der Waals surface area contributed by atoms with Gasteiger partial charge in [-0.05, 0) is 30.5 Å². The third-order valence-electron chi connectivity index (χ3n) is 3.91. The summed E-state index contributed by atoms with van der Waals surface area (Å²) < 4.78 is 27.3. The molecule has 1 aliphatic rings. The molecule has 0 amide bonds. The molecule has 1 aromatic rings. The number of rotatable bonds is 7. The average Bonchev–Trinajstić information content (AvgIpc) is 2.47. The fourth-order valence-corrected chi connectivity index (χ4v) is 4.22. The zero-order valence-corrected chi connectivity index (χ0v) is 13.6. The highest BCUT2D eigenvalue weighted by atomic mass is 32.2. The Morgan fingerprint density at radius 3 is 2.29 bits per heavy atom. The summed E-state index contributed by atoms with van der Waals surface area (Å²) in [4.78, 5) is 0. The van der Waals surface area contributed by atoms with Crippen LogP contribution >= 0.6 is 0 Å². The zero-order chi connectivity index (χ0) is 15.1. The standard InChI is InChI=1S/C16H26N2O2S/c1-2-17-12-14-8-10-15(11-9-14)13-21(19,20)18-16-6-4-3-5-7-16/h8-11,16-18H,2-7,12-13H2,1H3. The molecule has 1 fully saturated rings. The van der Waals surface area contributed by atoms with Crippen LogP contribution in [0.5, 0.6) is 0 Å². The molecule has 0 radical (unpaired) electrons. The third kappa shape index (κ3) is 5.77. The van der Waals surface area contributed by atoms with Gasteiger partial charge < -0.3 is 5.32 Å². The van der Waals surface area contributed by atoms with E-state index in [2.05, 4.69) is 17.0 Å². The molecule has 0 bridgehead atoms. The molecule has 1 aliphatic carbocycles. The molecule has 0 spiro atoms. The molecule has 4 nitrogen and oxygen atoms in total. The van der Waals surface area contributed by atoms with Crippen molar-refractivity contribution < 1.29 is 8.42 Å². The molecule has 0 heterocycles. The van der Waals surface area contributed by atoms with E-state index < -0.39 is 10.0 Å². The quantitative estimate of drug-likeness (QED) is 0.814. The van der Waals surface area contributed by atoms with E-state index >= 15 is 0 Å². The molecule has 2 rings (SSSR count). The lowest BCUT2D eigenvalue weighted by molar-refractivity contribution is 0.412. The molecule has 0 unspecified atom stereocenters. The summed E-state index contributed by atoms with van der Waals surface area (Å²) in [6, 6.07) is 7.94. The number of hydrogen-bond donors (Lipinski definition) is 2. The first-order valence-corrected chi connectivity index (χ1v) is 9.53. The second-order valence-electron chi connectivity index (χ2n) is 5.81. The van der Waals surface area contributed by atoms with E-state index in [-0.39, 0.29) is 11.8 Å². The van der Waals surface area contributed by atoms with Crippen molar-refractivity contribution in [3.8, 4) is 0 Å². The number of sulfonamides is 1. The summed E-state index contributed by atoms with van der Waals surface area (Å²) >= 11 is 0. The van der Waals surface area contributed by atoms with Crippen molar-refractivity contribution in [3.05, 3.63) is 35.4 Å². The highest BCUT2D eigenvalue weighted by molar-refractivity contribution is 7.88. The Labute approximate surface area is 128 Å². The summed E-state index contributed by atoms with van der Waals surface area (Å²) in [6.45, 7) is 3.82. The molecule has 21 heavy (non-hydrogen) atoms. The summed E-state index contributed by atoms with van der Waals surface area (Å²) in [6.07, 6.45) is 5.44. The van der Waals surface area contributed by atoms with Crippen LogP contribution in [0.4, 0.5) is 0 Å². The monoisotopic (exact) mass is 310 g/mol. The summed E-state index contributed by atoms with van der Waals surface area (Å²) in [5.41, 5.74) is 2.02. The van der Waals surface area contributed by atoms with Crippen LogP contribution in [-0.4, -0.2) is 21.0 Å². The first kappa shape index (κ1) is 16.5. The van der Waals surface area contributed by atoms with Crippen LogP contribution in [0.25, 0.3) is 0 Å². The lowest BCUT2D eigenvalue weighted by atomic mass is 9.96. The predicted molar refractivity (Wildman–Crippen MR) is 86.5 cm³/mol. The van der Waals surface area contributed by atoms with Crippen LogP contribution in [0.2, 0.25) is 0 Å². The smallest absolute Gasteiger partial charge is 0.216 e. The second-order valence-corrected chi connectivity index (χ2v) is 7.56. The Morgan fingerprint density at radius 1 is 1.05 bits per heavy atom. The lowest BCUT2D eigenvalue weighted by Gasteiger charge is -2.22. The first-order chi connectivity index (χ1) is 10.1. The number of hydrogen-bond acceptors (Lipinski definition) is 3. The van der Waals surface area contributed by atoms with Gasteiger partial charge in [0.2, 0.25) is 10.0 Å². The molecular weight excluding hydrogens is 284 g/mol. The van der Waals surface area contributed by atoms with Gasteiger partial charge in [0.15, 0.2) is 0 Å². The van der Waals surface area contributed by atoms with Crippen molar-refractivity contribution in [1.82, 2.24) is 10.0 Å². The Bertz CT molecular complexity index is 520. The minimum Gasteiger partial charge on any atom is -0.313 e. The van der Waals surface area contributed by atoms with Crippen molar-refractivity contribution in [2.45, 2.75) is 57.4 Å². The molecule has 2 N–H and O–H groups in total. The topological polar surface area (TPSA) is 58.2 Å². The highest BCUT2D eigenvalue weighted by Gasteiger charge is 2.20. The first-order valence-electron chi connectivity index (χ1n) is 7.87. The van der Waals surface area contributed by atoms with Gasteiger partial charge in [0.25, 0.3) is 0 Å². The van der Waals surface area contributed by atoms with Crippen molar-refractivity contribution in [3.63, 3.8) is 0 Å². The van der Waals surface area contributed by atoms with E-state index in [1.807, 2.05) is 24.3 Å². The molecule has 0 aliphatic heterocycles. The summed E-state index contributed by atoms with van der Waals surface area (Å²) in [5.74, 6) is 0.0744. The highest BCUT2D eigenvalue weighted by Crippen LogP contribution is 2.19. The van der Waals surface area contributed by atoms with Crippen molar-refractivity contribution >= 4 is 10.0 Å². The maximum atomic E-state index is 12.2. The van der Waals surface area contributed by atoms with Gasteiger partial charge in [0.05, 0.1) is 5.75 Å². The van der Waals surface area contributed by atoms with Crippen LogP contribution in [0.15, 0.2) is 24.3 Å². The molecular formula is C16H26N2O2S. The van der Waals surface area contributed by atoms with E-state index in [0.717, 1.165) is 44.3 Å². The van der Waals surface area contributed by atoms with Gasteiger partial charge in [0.1, 0.15) is 0 Å². The van der Waals surface area contributed by atoms with Crippen molar-refractivity contribution in [1.29, 1.82) is 0 Å². The van der Waals surface area contributed by atoms with Gasteiger partial charge in [0, 0.05) is 12.6 Å². The van der Waals surface area contributed by atoms with E-state index in [1.54, 1.807) is 0 Å². The number of nitrogens with one attached hydrogen (secondary N) is 2. The van der Waals surface area contributed by atoms with Crippen molar-refractivity contribution in [2.75, 3.05) is 6.54 Å². The molecule has 118 valence electrons. The Hall–Kier alpha value is -0.910. The normalized spacial score (nSPS) is 17.0. The lowest BCUT2D eigenvalue weighted by Crippen LogP contribution is -2.36. The van der Waals surface area contributed by atoms with Gasteiger partial charge in [-0.15, -0.1) is 0 Å². The second kappa shape index (κ2) is 7.92. The van der Waals surface area contributed by atoms with E-state index in [1.165, 1.54) is 12.0 Å². The van der Waals surface area contributed by atoms with Crippen LogP contribution in [0.3, 0.4) is 0 Å². The maximum Gasteiger partial charge on any atom is 0.216 e. The van der Waals surface area contributed by atoms with Gasteiger partial charge in [-0.1, -0.05) is 50.5 Å². The molecule has 5 heteroatoms. The van der Waals surface area contributed by atoms with Crippen LogP contribution in [0.1, 0.15) is 50.2 Å². The third-order valence-corrected chi connectivity index (χ3v) is 5.32. The molecule has 0 aromatic heterocycles. The van der Waals surface area contributed by atoms with E-state index in [0.29, 0.717) is 0 Å². The van der Waals surface area contributed by atoms with Gasteiger partial charge in [-0.2, -0.15) is 0 Å². The fraction of sp³-hybridized carbons (Fsp3) is 0.625. The Kier molecular flexibility index (Phi) is 6.21. The Balaban J connectivity index is 1.89. The molecule has 0 atom stereocenters. The zero-order valence-electron chi connectivity index (χ0n) is 12.8. The average molecular weight is 310 g/mol. The summed E-state index contributed by atoms with van der Waals surface area (Å²) in [7, 11) is -3.23. The largest absolute Gasteiger partial charge is 0.313 e. The molecule has 1 saturated carbocycles. The van der Waals surface area contributed by atoms with Crippen LogP contribution < -0.4 is 10.0 Å². The van der Waals surface area contributed by atoms with Gasteiger partial charge >= 0.3 is 0 Å². The Morgan fingerprint density at radius 2 is 1.67 bits per heavy atom. The SMILES string of the molecule is CCNCc1ccc(CS(=O)(=O)NC2CCCCC2)cc1. The molecule has 0 saturated heterocycles. The van der Waals surface area contributed by atoms with Crippen LogP contribution in [0, 0.1) is 0 Å². The fourth-order valence-electron chi connectivity index (χ4n) is 2.76. The predicted octanol–water partition coefficient (Wildman–Crippen LogP) is 2.55. The number of benzene rings is 1. The summed E-state index contributed by atoms with van der Waals surface area (Å²) in [5, 5.41) is 3.26. The van der Waals surface area contributed by atoms with E-state index in [9.17, 15) is 8.42 Å². The maximum absolute atomic E-state index is 12.2. The molecule has 1 aromatic carbocycles. The minimum atomic E-state index is -3.23. The van der Waals surface area contributed by atoms with Gasteiger partial charge in [-0.25, -0.2) is 13.1 Å². The van der Waals surface area contributed by atoms with E-state index in [4.69, 9.17) is 0 Å². The van der Waals surface area contributed by atoms with Crippen molar-refractivity contribution in [2.24, 2.45) is 0 Å². The van der Waals surface area contributed by atoms with Gasteiger partial charge in [-0.3, -0.25) is 0 Å². The van der Waals surface area contributed by atoms with Crippen LogP contribution in [-0.2, 0) is 22.3 Å².